The van der Waals surface area contributed by atoms with Gasteiger partial charge in [0.25, 0.3) is 10.1 Å². The Labute approximate surface area is 179 Å². The van der Waals surface area contributed by atoms with E-state index in [1.54, 1.807) is 13.8 Å². The van der Waals surface area contributed by atoms with Crippen LogP contribution in [0.2, 0.25) is 0 Å². The van der Waals surface area contributed by atoms with E-state index in [4.69, 9.17) is 9.92 Å². The van der Waals surface area contributed by atoms with Crippen molar-refractivity contribution < 1.29 is 17.4 Å². The predicted molar refractivity (Wildman–Crippen MR) is 121 cm³/mol. The smallest absolute Gasteiger partial charge is 0.274 e. The molecule has 0 fully saturated rings. The summed E-state index contributed by atoms with van der Waals surface area (Å²) in [6, 6.07) is -0.676. The molecule has 174 valence electrons. The monoisotopic (exact) mass is 434 g/mol. The van der Waals surface area contributed by atoms with Crippen molar-refractivity contribution in [3.63, 3.8) is 0 Å². The Morgan fingerprint density at radius 2 is 1.38 bits per heavy atom. The molecule has 0 heterocycles. The largest absolute Gasteiger partial charge is 0.350 e. The minimum atomic E-state index is -3.82. The molecule has 0 aliphatic carbocycles. The second kappa shape index (κ2) is 16.1. The molecule has 6 nitrogen and oxygen atoms in total. The molecule has 0 bridgehead atoms. The van der Waals surface area contributed by atoms with Crippen LogP contribution in [0.25, 0.3) is 0 Å². The molecule has 0 spiro atoms. The van der Waals surface area contributed by atoms with Gasteiger partial charge in [0.1, 0.15) is 4.75 Å². The van der Waals surface area contributed by atoms with E-state index in [1.165, 1.54) is 51.4 Å². The summed E-state index contributed by atoms with van der Waals surface area (Å²) in [5.41, 5.74) is 5.76. The summed E-state index contributed by atoms with van der Waals surface area (Å²) >= 11 is 0. The second-order valence-corrected chi connectivity index (χ2v) is 10.7. The molecule has 3 N–H and O–H groups in total. The zero-order valence-electron chi connectivity index (χ0n) is 19.3. The van der Waals surface area contributed by atoms with E-state index in [1.807, 2.05) is 6.92 Å². The lowest BCUT2D eigenvalue weighted by molar-refractivity contribution is -0.122. The minimum Gasteiger partial charge on any atom is -0.350 e. The molecule has 7 heteroatoms. The highest BCUT2D eigenvalue weighted by Gasteiger charge is 2.43. The fourth-order valence-electron chi connectivity index (χ4n) is 3.25. The molecule has 0 aromatic heterocycles. The summed E-state index contributed by atoms with van der Waals surface area (Å²) in [5.74, 6) is -0.143. The summed E-state index contributed by atoms with van der Waals surface area (Å²) in [6.45, 7) is 7.37. The Hall–Kier alpha value is -0.660. The van der Waals surface area contributed by atoms with E-state index in [9.17, 15) is 13.2 Å². The maximum Gasteiger partial charge on any atom is 0.274 e. The van der Waals surface area contributed by atoms with Crippen LogP contribution in [-0.2, 0) is 19.1 Å². The molecular weight excluding hydrogens is 388 g/mol. The number of amides is 1. The zero-order chi connectivity index (χ0) is 22.2. The van der Waals surface area contributed by atoms with Crippen LogP contribution in [0.1, 0.15) is 111 Å². The first-order chi connectivity index (χ1) is 13.7. The third-order valence-corrected chi connectivity index (χ3v) is 7.55. The van der Waals surface area contributed by atoms with Crippen molar-refractivity contribution in [2.24, 2.45) is 5.73 Å². The predicted octanol–water partition coefficient (Wildman–Crippen LogP) is 4.67. The molecule has 0 radical (unpaired) electrons. The van der Waals surface area contributed by atoms with Gasteiger partial charge >= 0.3 is 0 Å². The van der Waals surface area contributed by atoms with Gasteiger partial charge in [0.2, 0.25) is 5.91 Å². The molecule has 0 saturated heterocycles. The van der Waals surface area contributed by atoms with E-state index in [0.717, 1.165) is 19.3 Å². The van der Waals surface area contributed by atoms with Crippen molar-refractivity contribution in [3.05, 3.63) is 0 Å². The number of hydrogen-bond donors (Lipinski definition) is 2. The number of nitrogens with two attached hydrogens (primary N) is 1. The molecule has 0 aromatic rings. The highest BCUT2D eigenvalue weighted by molar-refractivity contribution is 7.88. The van der Waals surface area contributed by atoms with Gasteiger partial charge < -0.3 is 11.1 Å². The summed E-state index contributed by atoms with van der Waals surface area (Å²) in [5, 5.41) is 2.80. The third-order valence-electron chi connectivity index (χ3n) is 5.50. The first-order valence-corrected chi connectivity index (χ1v) is 13.0. The molecule has 1 unspecified atom stereocenters. The van der Waals surface area contributed by atoms with Crippen molar-refractivity contribution in [1.82, 2.24) is 5.32 Å². The normalized spacial score (nSPS) is 13.4. The fraction of sp³-hybridized carbons (Fsp3) is 0.955. The maximum absolute atomic E-state index is 12.4. The Kier molecular flexibility index (Phi) is 15.7. The molecule has 1 atom stereocenters. The van der Waals surface area contributed by atoms with Gasteiger partial charge in [-0.1, -0.05) is 78.1 Å². The lowest BCUT2D eigenvalue weighted by Crippen LogP contribution is -2.57. The average molecular weight is 435 g/mol. The number of carbonyl (C=O) groups excluding carboxylic acids is 1. The number of rotatable bonds is 19. The molecule has 0 aromatic carbocycles. The second-order valence-electron chi connectivity index (χ2n) is 8.52. The van der Waals surface area contributed by atoms with E-state index < -0.39 is 20.9 Å². The number of nitrogens with one attached hydrogen (secondary N) is 1. The Bertz CT molecular complexity index is 521. The van der Waals surface area contributed by atoms with Gasteiger partial charge in [0.15, 0.2) is 0 Å². The van der Waals surface area contributed by atoms with Gasteiger partial charge in [0.05, 0.1) is 12.6 Å². The highest BCUT2D eigenvalue weighted by Crippen LogP contribution is 2.23. The quantitative estimate of drug-likeness (QED) is 0.227. The van der Waals surface area contributed by atoms with Gasteiger partial charge in [0, 0.05) is 13.0 Å². The van der Waals surface area contributed by atoms with Crippen LogP contribution in [-0.4, -0.2) is 38.3 Å². The van der Waals surface area contributed by atoms with Crippen LogP contribution in [0.3, 0.4) is 0 Å². The van der Waals surface area contributed by atoms with Gasteiger partial charge in [-0.3, -0.25) is 8.98 Å². The highest BCUT2D eigenvalue weighted by atomic mass is 32.2. The van der Waals surface area contributed by atoms with Crippen molar-refractivity contribution in [3.8, 4) is 0 Å². The summed E-state index contributed by atoms with van der Waals surface area (Å²) in [6.07, 6.45) is 14.5. The van der Waals surface area contributed by atoms with Crippen LogP contribution >= 0.6 is 0 Å². The number of unbranched alkanes of at least 4 members (excludes halogenated alkanes) is 10. The molecule has 0 aliphatic heterocycles. The van der Waals surface area contributed by atoms with Gasteiger partial charge in [-0.05, 0) is 26.7 Å². The fourth-order valence-corrected chi connectivity index (χ4v) is 4.45. The summed E-state index contributed by atoms with van der Waals surface area (Å²) in [4.78, 5) is 12.3. The van der Waals surface area contributed by atoms with Crippen molar-refractivity contribution in [2.45, 2.75) is 122 Å². The lowest BCUT2D eigenvalue weighted by Gasteiger charge is -2.32. The molecular formula is C22H46N2O4S. The van der Waals surface area contributed by atoms with Gasteiger partial charge in [-0.25, -0.2) is 0 Å². The Morgan fingerprint density at radius 3 is 1.83 bits per heavy atom. The van der Waals surface area contributed by atoms with Crippen LogP contribution in [0.5, 0.6) is 0 Å². The van der Waals surface area contributed by atoms with E-state index in [-0.39, 0.29) is 19.1 Å². The first kappa shape index (κ1) is 28.3. The average Bonchev–Trinajstić information content (AvgIpc) is 2.68. The minimum absolute atomic E-state index is 0.0473. The standard InChI is InChI=1S/C22H46N2O4S/c1-5-7-8-9-10-11-12-13-14-15-16-17-21(25)24-20(19-23)22(3,4)29(26,27)28-18-6-2/h20H,5-19,23H2,1-4H3,(H,24,25). The van der Waals surface area contributed by atoms with Crippen molar-refractivity contribution >= 4 is 16.0 Å². The Morgan fingerprint density at radius 1 is 0.897 bits per heavy atom. The molecule has 0 aliphatic rings. The van der Waals surface area contributed by atoms with Crippen LogP contribution in [0, 0.1) is 0 Å². The number of hydrogen-bond acceptors (Lipinski definition) is 5. The van der Waals surface area contributed by atoms with E-state index in [0.29, 0.717) is 12.8 Å². The van der Waals surface area contributed by atoms with E-state index in [2.05, 4.69) is 12.2 Å². The topological polar surface area (TPSA) is 98.5 Å². The van der Waals surface area contributed by atoms with Crippen LogP contribution in [0.15, 0.2) is 0 Å². The molecule has 0 rings (SSSR count). The Balaban J connectivity index is 4.07. The van der Waals surface area contributed by atoms with Crippen molar-refractivity contribution in [2.75, 3.05) is 13.2 Å². The summed E-state index contributed by atoms with van der Waals surface area (Å²) in [7, 11) is -3.82. The SMILES string of the molecule is CCCCCCCCCCCCCC(=O)NC(CN)C(C)(C)S(=O)(=O)OCCC. The summed E-state index contributed by atoms with van der Waals surface area (Å²) < 4.78 is 28.6. The third kappa shape index (κ3) is 11.9. The van der Waals surface area contributed by atoms with Gasteiger partial charge in [-0.2, -0.15) is 8.42 Å². The lowest BCUT2D eigenvalue weighted by atomic mass is 10.0. The van der Waals surface area contributed by atoms with Crippen LogP contribution in [0.4, 0.5) is 0 Å². The number of carbonyl (C=O) groups is 1. The molecule has 0 saturated carbocycles. The molecule has 29 heavy (non-hydrogen) atoms. The first-order valence-electron chi connectivity index (χ1n) is 11.6. The molecule has 1 amide bonds. The van der Waals surface area contributed by atoms with E-state index >= 15 is 0 Å². The van der Waals surface area contributed by atoms with Crippen LogP contribution < -0.4 is 11.1 Å². The van der Waals surface area contributed by atoms with Crippen molar-refractivity contribution in [1.29, 1.82) is 0 Å². The maximum atomic E-state index is 12.4. The zero-order valence-corrected chi connectivity index (χ0v) is 20.1. The van der Waals surface area contributed by atoms with Gasteiger partial charge in [-0.15, -0.1) is 0 Å².